The molecule has 0 unspecified atom stereocenters. The molecule has 2 heterocycles. The Morgan fingerprint density at radius 3 is 1.79 bits per heavy atom. The minimum Gasteiger partial charge on any atom is -0.280 e. The summed E-state index contributed by atoms with van der Waals surface area (Å²) in [5.74, 6) is -1.46. The first-order chi connectivity index (χ1) is 13.2. The van der Waals surface area contributed by atoms with Crippen LogP contribution in [0.2, 0.25) is 0 Å². The van der Waals surface area contributed by atoms with Crippen LogP contribution in [0.4, 0.5) is 17.1 Å². The van der Waals surface area contributed by atoms with Gasteiger partial charge < -0.3 is 0 Å². The first kappa shape index (κ1) is 17.3. The maximum Gasteiger partial charge on any atom is 0.284 e. The average molecular weight is 381 g/mol. The van der Waals surface area contributed by atoms with E-state index >= 15 is 0 Å². The molecule has 3 aromatic rings. The summed E-state index contributed by atoms with van der Waals surface area (Å²) < 4.78 is 0. The van der Waals surface area contributed by atoms with Gasteiger partial charge in [-0.3, -0.25) is 34.9 Å². The Morgan fingerprint density at radius 1 is 0.893 bits per heavy atom. The largest absolute Gasteiger partial charge is 0.284 e. The molecular formula is C17H11N5O6. The van der Waals surface area contributed by atoms with E-state index in [1.165, 1.54) is 12.1 Å². The van der Waals surface area contributed by atoms with E-state index in [1.807, 2.05) is 0 Å². The molecule has 0 aliphatic carbocycles. The van der Waals surface area contributed by atoms with Gasteiger partial charge in [-0.1, -0.05) is 0 Å². The second-order valence-corrected chi connectivity index (χ2v) is 6.26. The van der Waals surface area contributed by atoms with Gasteiger partial charge in [-0.25, -0.2) is 4.90 Å². The third kappa shape index (κ3) is 2.13. The zero-order chi connectivity index (χ0) is 20.3. The van der Waals surface area contributed by atoms with E-state index in [1.54, 1.807) is 13.8 Å². The molecule has 0 saturated heterocycles. The van der Waals surface area contributed by atoms with Crippen LogP contribution >= 0.6 is 0 Å². The number of imide groups is 1. The Hall–Kier alpha value is -4.15. The molecule has 0 radical (unpaired) electrons. The van der Waals surface area contributed by atoms with Gasteiger partial charge in [0.15, 0.2) is 0 Å². The van der Waals surface area contributed by atoms with Crippen molar-refractivity contribution in [3.05, 3.63) is 67.0 Å². The predicted molar refractivity (Wildman–Crippen MR) is 96.5 cm³/mol. The van der Waals surface area contributed by atoms with Crippen LogP contribution in [0.1, 0.15) is 32.1 Å². The van der Waals surface area contributed by atoms with Gasteiger partial charge >= 0.3 is 0 Å². The van der Waals surface area contributed by atoms with Crippen molar-refractivity contribution in [1.82, 2.24) is 10.2 Å². The minimum atomic E-state index is -0.776. The van der Waals surface area contributed by atoms with Crippen LogP contribution in [0.15, 0.2) is 24.3 Å². The maximum atomic E-state index is 13.1. The number of amides is 2. The highest BCUT2D eigenvalue weighted by atomic mass is 16.6. The van der Waals surface area contributed by atoms with E-state index < -0.39 is 33.0 Å². The molecule has 140 valence electrons. The van der Waals surface area contributed by atoms with Gasteiger partial charge in [0.2, 0.25) is 0 Å². The lowest BCUT2D eigenvalue weighted by molar-refractivity contribution is -0.390. The summed E-state index contributed by atoms with van der Waals surface area (Å²) in [5.41, 5.74) is 0.0442. The van der Waals surface area contributed by atoms with Crippen LogP contribution in [-0.4, -0.2) is 31.9 Å². The Kier molecular flexibility index (Phi) is 3.50. The Bertz CT molecular complexity index is 1160. The van der Waals surface area contributed by atoms with Gasteiger partial charge in [0.1, 0.15) is 5.39 Å². The number of rotatable bonds is 3. The fourth-order valence-electron chi connectivity index (χ4n) is 3.53. The third-order valence-corrected chi connectivity index (χ3v) is 4.69. The molecule has 2 amide bonds. The fraction of sp³-hybridized carbons (Fsp3) is 0.118. The summed E-state index contributed by atoms with van der Waals surface area (Å²) >= 11 is 0. The molecular weight excluding hydrogens is 370 g/mol. The number of anilines is 1. The van der Waals surface area contributed by atoms with Crippen molar-refractivity contribution in [2.24, 2.45) is 0 Å². The molecule has 0 spiro atoms. The zero-order valence-electron chi connectivity index (χ0n) is 14.5. The summed E-state index contributed by atoms with van der Waals surface area (Å²) in [4.78, 5) is 48.4. The number of non-ortho nitro benzene ring substituents is 2. The fourth-order valence-corrected chi connectivity index (χ4v) is 3.53. The quantitative estimate of drug-likeness (QED) is 0.416. The standard InChI is InChI=1S/C17H11N5O6/c1-7-15(8(2)19-18-7)20-16(23)9-3-5-11(21(25)26)14-12(22(27)28)6-4-10(13(9)14)17(20)24/h3-6H,1-2H3,(H,18,19). The molecule has 1 aliphatic rings. The monoisotopic (exact) mass is 381 g/mol. The molecule has 0 saturated carbocycles. The van der Waals surface area contributed by atoms with E-state index in [9.17, 15) is 29.8 Å². The summed E-state index contributed by atoms with van der Waals surface area (Å²) in [6, 6.07) is 4.49. The van der Waals surface area contributed by atoms with Crippen LogP contribution in [0.3, 0.4) is 0 Å². The normalized spacial score (nSPS) is 13.3. The number of carbonyl (C=O) groups is 2. The summed E-state index contributed by atoms with van der Waals surface area (Å²) in [6.45, 7) is 3.27. The number of nitrogens with zero attached hydrogens (tertiary/aromatic N) is 4. The highest BCUT2D eigenvalue weighted by molar-refractivity contribution is 6.37. The van der Waals surface area contributed by atoms with Crippen molar-refractivity contribution < 1.29 is 19.4 Å². The van der Waals surface area contributed by atoms with Crippen molar-refractivity contribution >= 4 is 39.6 Å². The third-order valence-electron chi connectivity index (χ3n) is 4.69. The van der Waals surface area contributed by atoms with Gasteiger partial charge in [0.25, 0.3) is 23.2 Å². The second-order valence-electron chi connectivity index (χ2n) is 6.26. The van der Waals surface area contributed by atoms with Gasteiger partial charge in [-0.05, 0) is 26.0 Å². The van der Waals surface area contributed by atoms with Crippen LogP contribution in [0, 0.1) is 34.1 Å². The Balaban J connectivity index is 2.11. The average Bonchev–Trinajstić information content (AvgIpc) is 2.97. The van der Waals surface area contributed by atoms with Gasteiger partial charge in [0.05, 0.1) is 26.9 Å². The molecule has 11 heteroatoms. The molecule has 28 heavy (non-hydrogen) atoms. The van der Waals surface area contributed by atoms with E-state index in [0.717, 1.165) is 17.0 Å². The summed E-state index contributed by atoms with van der Waals surface area (Å²) in [5, 5.41) is 29.1. The van der Waals surface area contributed by atoms with Gasteiger partial charge in [0, 0.05) is 28.6 Å². The maximum absolute atomic E-state index is 13.1. The molecule has 4 rings (SSSR count). The number of aromatic amines is 1. The summed E-state index contributed by atoms with van der Waals surface area (Å²) in [7, 11) is 0. The van der Waals surface area contributed by atoms with Crippen LogP contribution < -0.4 is 4.90 Å². The SMILES string of the molecule is Cc1n[nH]c(C)c1N1C(=O)c2ccc([N+](=O)[O-])c3c([N+](=O)[O-])ccc(c23)C1=O. The molecule has 0 fully saturated rings. The molecule has 0 atom stereocenters. The Morgan fingerprint density at radius 2 is 1.39 bits per heavy atom. The number of nitro benzene ring substituents is 2. The van der Waals surface area contributed by atoms with Gasteiger partial charge in [-0.15, -0.1) is 0 Å². The van der Waals surface area contributed by atoms with Crippen molar-refractivity contribution in [3.63, 3.8) is 0 Å². The van der Waals surface area contributed by atoms with Crippen LogP contribution in [0.25, 0.3) is 10.8 Å². The van der Waals surface area contributed by atoms with Crippen molar-refractivity contribution in [2.45, 2.75) is 13.8 Å². The van der Waals surface area contributed by atoms with E-state index in [4.69, 9.17) is 0 Å². The zero-order valence-corrected chi connectivity index (χ0v) is 14.5. The van der Waals surface area contributed by atoms with E-state index in [0.29, 0.717) is 11.4 Å². The molecule has 1 aromatic heterocycles. The number of aryl methyl sites for hydroxylation is 2. The van der Waals surface area contributed by atoms with Crippen molar-refractivity contribution in [1.29, 1.82) is 0 Å². The number of carbonyl (C=O) groups excluding carboxylic acids is 2. The van der Waals surface area contributed by atoms with Gasteiger partial charge in [-0.2, -0.15) is 5.10 Å². The first-order valence-corrected chi connectivity index (χ1v) is 8.03. The minimum absolute atomic E-state index is 0.0288. The van der Waals surface area contributed by atoms with Crippen molar-refractivity contribution in [3.8, 4) is 0 Å². The number of hydrogen-bond donors (Lipinski definition) is 1. The van der Waals surface area contributed by atoms with Crippen LogP contribution in [0.5, 0.6) is 0 Å². The lowest BCUT2D eigenvalue weighted by atomic mass is 9.91. The Labute approximate surface area is 155 Å². The molecule has 11 nitrogen and oxygen atoms in total. The molecule has 2 aromatic carbocycles. The van der Waals surface area contributed by atoms with E-state index in [-0.39, 0.29) is 27.6 Å². The molecule has 1 N–H and O–H groups in total. The van der Waals surface area contributed by atoms with E-state index in [2.05, 4.69) is 10.2 Å². The number of hydrogen-bond acceptors (Lipinski definition) is 7. The highest BCUT2D eigenvalue weighted by Crippen LogP contribution is 2.42. The van der Waals surface area contributed by atoms with Crippen molar-refractivity contribution in [2.75, 3.05) is 4.90 Å². The molecule has 0 bridgehead atoms. The first-order valence-electron chi connectivity index (χ1n) is 8.03. The number of H-pyrrole nitrogens is 1. The number of aromatic nitrogens is 2. The number of benzene rings is 2. The highest BCUT2D eigenvalue weighted by Gasteiger charge is 2.39. The molecule has 1 aliphatic heterocycles. The topological polar surface area (TPSA) is 152 Å². The summed E-state index contributed by atoms with van der Waals surface area (Å²) in [6.07, 6.45) is 0. The predicted octanol–water partition coefficient (Wildman–Crippen LogP) is 2.80. The lowest BCUT2D eigenvalue weighted by Gasteiger charge is -2.27. The smallest absolute Gasteiger partial charge is 0.280 e. The number of nitrogens with one attached hydrogen (secondary N) is 1. The number of nitro groups is 2. The second kappa shape index (κ2) is 5.67. The lowest BCUT2D eigenvalue weighted by Crippen LogP contribution is -2.41. The van der Waals surface area contributed by atoms with Crippen LogP contribution in [-0.2, 0) is 0 Å².